The molecule has 1 N–H and O–H groups in total. The first-order chi connectivity index (χ1) is 8.70. The van der Waals surface area contributed by atoms with Crippen molar-refractivity contribution < 1.29 is 4.74 Å². The maximum absolute atomic E-state index is 5.72. The van der Waals surface area contributed by atoms with Crippen LogP contribution in [0.2, 0.25) is 0 Å². The van der Waals surface area contributed by atoms with Crippen LogP contribution in [0.1, 0.15) is 17.2 Å². The van der Waals surface area contributed by atoms with Gasteiger partial charge in [0.05, 0.1) is 0 Å². The first-order valence-electron chi connectivity index (χ1n) is 5.92. The Labute approximate surface area is 107 Å². The predicted molar refractivity (Wildman–Crippen MR) is 69.3 cm³/mol. The van der Waals surface area contributed by atoms with Crippen molar-refractivity contribution in [2.45, 2.75) is 20.1 Å². The zero-order valence-corrected chi connectivity index (χ0v) is 11.0. The Morgan fingerprint density at radius 3 is 2.83 bits per heavy atom. The second kappa shape index (κ2) is 5.64. The molecule has 96 valence electrons. The van der Waals surface area contributed by atoms with E-state index < -0.39 is 0 Å². The number of aryl methyl sites for hydroxylation is 1. The molecule has 0 spiro atoms. The first-order valence-corrected chi connectivity index (χ1v) is 5.92. The Hall–Kier alpha value is -1.88. The van der Waals surface area contributed by atoms with Gasteiger partial charge >= 0.3 is 0 Å². The largest absolute Gasteiger partial charge is 0.486 e. The van der Waals surface area contributed by atoms with Gasteiger partial charge in [-0.05, 0) is 31.7 Å². The highest BCUT2D eigenvalue weighted by Crippen LogP contribution is 2.14. The molecule has 0 unspecified atom stereocenters. The summed E-state index contributed by atoms with van der Waals surface area (Å²) in [4.78, 5) is 0. The molecule has 1 heterocycles. The van der Waals surface area contributed by atoms with Crippen LogP contribution < -0.4 is 10.1 Å². The summed E-state index contributed by atoms with van der Waals surface area (Å²) < 4.78 is 7.65. The van der Waals surface area contributed by atoms with E-state index in [1.807, 2.05) is 43.8 Å². The van der Waals surface area contributed by atoms with Crippen molar-refractivity contribution in [1.82, 2.24) is 20.1 Å². The molecule has 0 saturated heterocycles. The maximum Gasteiger partial charge on any atom is 0.170 e. The van der Waals surface area contributed by atoms with Gasteiger partial charge in [0.2, 0.25) is 0 Å². The quantitative estimate of drug-likeness (QED) is 0.867. The number of nitrogens with zero attached hydrogens (tertiary/aromatic N) is 3. The van der Waals surface area contributed by atoms with Crippen LogP contribution in [0, 0.1) is 6.92 Å². The van der Waals surface area contributed by atoms with E-state index in [4.69, 9.17) is 4.74 Å². The van der Waals surface area contributed by atoms with E-state index in [1.165, 1.54) is 5.56 Å². The molecule has 0 amide bonds. The highest BCUT2D eigenvalue weighted by Gasteiger charge is 2.05. The molecule has 5 heteroatoms. The monoisotopic (exact) mass is 246 g/mol. The minimum Gasteiger partial charge on any atom is -0.486 e. The summed E-state index contributed by atoms with van der Waals surface area (Å²) >= 11 is 0. The van der Waals surface area contributed by atoms with E-state index in [2.05, 4.69) is 21.6 Å². The van der Waals surface area contributed by atoms with Crippen molar-refractivity contribution in [2.75, 3.05) is 7.05 Å². The smallest absolute Gasteiger partial charge is 0.170 e. The highest BCUT2D eigenvalue weighted by atomic mass is 16.5. The van der Waals surface area contributed by atoms with Crippen LogP contribution in [0.5, 0.6) is 5.75 Å². The van der Waals surface area contributed by atoms with Crippen LogP contribution in [-0.2, 0) is 20.2 Å². The van der Waals surface area contributed by atoms with Gasteiger partial charge in [-0.1, -0.05) is 12.1 Å². The molecule has 0 saturated carbocycles. The van der Waals surface area contributed by atoms with Crippen molar-refractivity contribution in [3.63, 3.8) is 0 Å². The minimum absolute atomic E-state index is 0.431. The van der Waals surface area contributed by atoms with Crippen molar-refractivity contribution in [1.29, 1.82) is 0 Å². The summed E-state index contributed by atoms with van der Waals surface area (Å²) in [7, 11) is 3.86. The number of hydrogen-bond acceptors (Lipinski definition) is 4. The molecular weight excluding hydrogens is 228 g/mol. The number of nitrogens with one attached hydrogen (secondary N) is 1. The van der Waals surface area contributed by atoms with Gasteiger partial charge in [0.15, 0.2) is 5.82 Å². The molecule has 0 aliphatic carbocycles. The van der Waals surface area contributed by atoms with Gasteiger partial charge in [-0.25, -0.2) is 0 Å². The SMILES string of the molecule is CNCc1cccc(OCc2nnc(C)n2C)c1. The van der Waals surface area contributed by atoms with Crippen molar-refractivity contribution >= 4 is 0 Å². The van der Waals surface area contributed by atoms with Crippen LogP contribution >= 0.6 is 0 Å². The minimum atomic E-state index is 0.431. The molecule has 0 atom stereocenters. The summed E-state index contributed by atoms with van der Waals surface area (Å²) in [5, 5.41) is 11.2. The number of ether oxygens (including phenoxy) is 1. The maximum atomic E-state index is 5.72. The van der Waals surface area contributed by atoms with Crippen LogP contribution in [0.25, 0.3) is 0 Å². The van der Waals surface area contributed by atoms with Gasteiger partial charge in [0, 0.05) is 13.6 Å². The van der Waals surface area contributed by atoms with Crippen molar-refractivity contribution in [3.05, 3.63) is 41.5 Å². The van der Waals surface area contributed by atoms with Gasteiger partial charge in [0.1, 0.15) is 18.2 Å². The molecule has 2 aromatic rings. The average Bonchev–Trinajstić information content (AvgIpc) is 2.69. The van der Waals surface area contributed by atoms with Crippen molar-refractivity contribution in [3.8, 4) is 5.75 Å². The third-order valence-corrected chi connectivity index (χ3v) is 2.83. The summed E-state index contributed by atoms with van der Waals surface area (Å²) in [6.07, 6.45) is 0. The Kier molecular flexibility index (Phi) is 3.94. The molecule has 1 aromatic heterocycles. The van der Waals surface area contributed by atoms with E-state index in [0.29, 0.717) is 6.61 Å². The molecule has 0 bridgehead atoms. The second-order valence-electron chi connectivity index (χ2n) is 4.19. The Balaban J connectivity index is 2.01. The lowest BCUT2D eigenvalue weighted by molar-refractivity contribution is 0.290. The Morgan fingerprint density at radius 1 is 1.33 bits per heavy atom. The van der Waals surface area contributed by atoms with Crippen molar-refractivity contribution in [2.24, 2.45) is 7.05 Å². The molecule has 0 radical (unpaired) electrons. The molecule has 18 heavy (non-hydrogen) atoms. The number of hydrogen-bond donors (Lipinski definition) is 1. The fraction of sp³-hybridized carbons (Fsp3) is 0.385. The highest BCUT2D eigenvalue weighted by molar-refractivity contribution is 5.28. The fourth-order valence-corrected chi connectivity index (χ4v) is 1.67. The van der Waals surface area contributed by atoms with E-state index >= 15 is 0 Å². The Morgan fingerprint density at radius 2 is 2.17 bits per heavy atom. The summed E-state index contributed by atoms with van der Waals surface area (Å²) in [6.45, 7) is 3.19. The van der Waals surface area contributed by atoms with Gasteiger partial charge in [-0.15, -0.1) is 10.2 Å². The zero-order chi connectivity index (χ0) is 13.0. The fourth-order valence-electron chi connectivity index (χ4n) is 1.67. The molecule has 1 aromatic carbocycles. The van der Waals surface area contributed by atoms with Gasteiger partial charge < -0.3 is 14.6 Å². The lowest BCUT2D eigenvalue weighted by Gasteiger charge is -2.07. The standard InChI is InChI=1S/C13H18N4O/c1-10-15-16-13(17(10)3)9-18-12-6-4-5-11(7-12)8-14-2/h4-7,14H,8-9H2,1-3H3. The molecule has 0 aliphatic heterocycles. The van der Waals surface area contributed by atoms with E-state index in [9.17, 15) is 0 Å². The predicted octanol–water partition coefficient (Wildman–Crippen LogP) is 1.42. The molecule has 0 fully saturated rings. The first kappa shape index (κ1) is 12.6. The topological polar surface area (TPSA) is 52.0 Å². The van der Waals surface area contributed by atoms with E-state index in [0.717, 1.165) is 23.9 Å². The lowest BCUT2D eigenvalue weighted by atomic mass is 10.2. The third kappa shape index (κ3) is 2.87. The normalized spacial score (nSPS) is 10.6. The lowest BCUT2D eigenvalue weighted by Crippen LogP contribution is -2.06. The molecule has 5 nitrogen and oxygen atoms in total. The number of rotatable bonds is 5. The summed E-state index contributed by atoms with van der Waals surface area (Å²) in [6, 6.07) is 8.03. The summed E-state index contributed by atoms with van der Waals surface area (Å²) in [5.74, 6) is 2.56. The van der Waals surface area contributed by atoms with Crippen LogP contribution in [0.3, 0.4) is 0 Å². The van der Waals surface area contributed by atoms with Crippen LogP contribution in [0.15, 0.2) is 24.3 Å². The third-order valence-electron chi connectivity index (χ3n) is 2.83. The zero-order valence-electron chi connectivity index (χ0n) is 11.0. The molecule has 0 aliphatic rings. The number of benzene rings is 1. The molecule has 2 rings (SSSR count). The van der Waals surface area contributed by atoms with Gasteiger partial charge in [0.25, 0.3) is 0 Å². The Bertz CT molecular complexity index is 521. The van der Waals surface area contributed by atoms with E-state index in [1.54, 1.807) is 0 Å². The van der Waals surface area contributed by atoms with E-state index in [-0.39, 0.29) is 0 Å². The van der Waals surface area contributed by atoms with Crippen LogP contribution in [-0.4, -0.2) is 21.8 Å². The van der Waals surface area contributed by atoms with Gasteiger partial charge in [-0.2, -0.15) is 0 Å². The number of aromatic nitrogens is 3. The molecular formula is C13H18N4O. The second-order valence-corrected chi connectivity index (χ2v) is 4.19. The average molecular weight is 246 g/mol. The van der Waals surface area contributed by atoms with Crippen LogP contribution in [0.4, 0.5) is 0 Å². The van der Waals surface area contributed by atoms with Gasteiger partial charge in [-0.3, -0.25) is 0 Å². The summed E-state index contributed by atoms with van der Waals surface area (Å²) in [5.41, 5.74) is 1.20.